The van der Waals surface area contributed by atoms with Crippen LogP contribution in [0.25, 0.3) is 5.57 Å². The molecule has 0 spiro atoms. The topological polar surface area (TPSA) is 0 Å². The first-order valence-electron chi connectivity index (χ1n) is 5.20. The first-order valence-corrected chi connectivity index (χ1v) is 5.20. The van der Waals surface area contributed by atoms with E-state index in [4.69, 9.17) is 0 Å². The van der Waals surface area contributed by atoms with Crippen molar-refractivity contribution < 1.29 is 0 Å². The molecule has 2 aliphatic carbocycles. The molecule has 3 rings (SSSR count). The summed E-state index contributed by atoms with van der Waals surface area (Å²) in [6.45, 7) is 0. The van der Waals surface area contributed by atoms with Gasteiger partial charge in [0.1, 0.15) is 0 Å². The number of hydrogen-bond acceptors (Lipinski definition) is 0. The summed E-state index contributed by atoms with van der Waals surface area (Å²) < 4.78 is 0. The van der Waals surface area contributed by atoms with Crippen molar-refractivity contribution in [3.05, 3.63) is 42.0 Å². The zero-order valence-electron chi connectivity index (χ0n) is 7.74. The minimum Gasteiger partial charge on any atom is -0.0773 e. The highest BCUT2D eigenvalue weighted by Gasteiger charge is 2.32. The molecule has 1 aromatic carbocycles. The van der Waals surface area contributed by atoms with Gasteiger partial charge in [0, 0.05) is 0 Å². The predicted molar refractivity (Wildman–Crippen MR) is 55.3 cm³/mol. The highest BCUT2D eigenvalue weighted by atomic mass is 14.4. The molecular weight excluding hydrogens is 156 g/mol. The minimum absolute atomic E-state index is 0.882. The van der Waals surface area contributed by atoms with Crippen LogP contribution in [-0.4, -0.2) is 0 Å². The maximum Gasteiger partial charge on any atom is -0.0153 e. The summed E-state index contributed by atoms with van der Waals surface area (Å²) in [6.07, 6.45) is 6.78. The quantitative estimate of drug-likeness (QED) is 0.605. The Hall–Kier alpha value is -1.04. The van der Waals surface area contributed by atoms with Crippen LogP contribution in [0.5, 0.6) is 0 Å². The second kappa shape index (κ2) is 2.73. The van der Waals surface area contributed by atoms with Gasteiger partial charge in [-0.2, -0.15) is 0 Å². The molecule has 1 aromatic rings. The maximum absolute atomic E-state index is 2.50. The maximum atomic E-state index is 2.50. The molecule has 1 saturated carbocycles. The SMILES string of the molecule is C1=C(c2ccccc2)[C@H]2CC[C@H]1C2. The monoisotopic (exact) mass is 170 g/mol. The van der Waals surface area contributed by atoms with Crippen molar-refractivity contribution in [2.75, 3.05) is 0 Å². The van der Waals surface area contributed by atoms with Crippen LogP contribution in [0.4, 0.5) is 0 Å². The van der Waals surface area contributed by atoms with Gasteiger partial charge in [0.15, 0.2) is 0 Å². The molecule has 66 valence electrons. The summed E-state index contributed by atoms with van der Waals surface area (Å²) in [7, 11) is 0. The lowest BCUT2D eigenvalue weighted by atomic mass is 9.92. The van der Waals surface area contributed by atoms with Crippen LogP contribution in [0.3, 0.4) is 0 Å². The van der Waals surface area contributed by atoms with E-state index in [0.29, 0.717) is 0 Å². The zero-order chi connectivity index (χ0) is 8.67. The van der Waals surface area contributed by atoms with Crippen LogP contribution in [0.1, 0.15) is 24.8 Å². The average molecular weight is 170 g/mol. The summed E-state index contributed by atoms with van der Waals surface area (Å²) in [5.41, 5.74) is 3.08. The van der Waals surface area contributed by atoms with Crippen LogP contribution in [0, 0.1) is 11.8 Å². The fourth-order valence-electron chi connectivity index (χ4n) is 2.80. The lowest BCUT2D eigenvalue weighted by Gasteiger charge is -2.12. The Morgan fingerprint density at radius 3 is 2.46 bits per heavy atom. The third kappa shape index (κ3) is 1.13. The van der Waals surface area contributed by atoms with Crippen molar-refractivity contribution in [2.45, 2.75) is 19.3 Å². The van der Waals surface area contributed by atoms with Crippen molar-refractivity contribution in [1.29, 1.82) is 0 Å². The minimum atomic E-state index is 0.882. The Morgan fingerprint density at radius 2 is 1.85 bits per heavy atom. The first kappa shape index (κ1) is 7.37. The van der Waals surface area contributed by atoms with Crippen LogP contribution in [-0.2, 0) is 0 Å². The summed E-state index contributed by atoms with van der Waals surface area (Å²) in [5.74, 6) is 1.78. The largest absolute Gasteiger partial charge is 0.0773 e. The van der Waals surface area contributed by atoms with Gasteiger partial charge >= 0.3 is 0 Å². The molecule has 1 fully saturated rings. The fourth-order valence-corrected chi connectivity index (χ4v) is 2.80. The molecule has 0 radical (unpaired) electrons. The van der Waals surface area contributed by atoms with Gasteiger partial charge in [-0.3, -0.25) is 0 Å². The summed E-state index contributed by atoms with van der Waals surface area (Å²) in [5, 5.41) is 0. The summed E-state index contributed by atoms with van der Waals surface area (Å²) in [4.78, 5) is 0. The molecule has 0 aliphatic heterocycles. The number of fused-ring (bicyclic) bond motifs is 2. The molecule has 2 atom stereocenters. The fraction of sp³-hybridized carbons (Fsp3) is 0.385. The van der Waals surface area contributed by atoms with E-state index in [1.165, 1.54) is 24.8 Å². The Kier molecular flexibility index (Phi) is 1.55. The molecule has 2 bridgehead atoms. The molecule has 0 unspecified atom stereocenters. The van der Waals surface area contributed by atoms with Crippen LogP contribution in [0.2, 0.25) is 0 Å². The third-order valence-electron chi connectivity index (χ3n) is 3.44. The van der Waals surface area contributed by atoms with E-state index >= 15 is 0 Å². The van der Waals surface area contributed by atoms with E-state index < -0.39 is 0 Å². The van der Waals surface area contributed by atoms with E-state index in [2.05, 4.69) is 36.4 Å². The summed E-state index contributed by atoms with van der Waals surface area (Å²) in [6, 6.07) is 10.9. The first-order chi connectivity index (χ1) is 6.43. The Morgan fingerprint density at radius 1 is 1.00 bits per heavy atom. The molecule has 2 aliphatic rings. The Bertz CT molecular complexity index is 334. The molecule has 13 heavy (non-hydrogen) atoms. The smallest absolute Gasteiger partial charge is 0.0153 e. The van der Waals surface area contributed by atoms with Gasteiger partial charge in [0.2, 0.25) is 0 Å². The van der Waals surface area contributed by atoms with Crippen LogP contribution in [0.15, 0.2) is 36.4 Å². The van der Waals surface area contributed by atoms with Gasteiger partial charge in [-0.25, -0.2) is 0 Å². The standard InChI is InChI=1S/C13H14/c1-2-4-11(5-3-1)13-9-10-6-7-12(13)8-10/h1-5,9-10,12H,6-8H2/t10-,12-/m0/s1. The third-order valence-corrected chi connectivity index (χ3v) is 3.44. The molecule has 0 amide bonds. The zero-order valence-corrected chi connectivity index (χ0v) is 7.74. The van der Waals surface area contributed by atoms with Crippen molar-refractivity contribution in [1.82, 2.24) is 0 Å². The normalized spacial score (nSPS) is 30.6. The van der Waals surface area contributed by atoms with Gasteiger partial charge in [0.05, 0.1) is 0 Å². The van der Waals surface area contributed by atoms with Crippen LogP contribution >= 0.6 is 0 Å². The number of hydrogen-bond donors (Lipinski definition) is 0. The molecule has 0 heteroatoms. The molecule has 0 N–H and O–H groups in total. The number of benzene rings is 1. The second-order valence-corrected chi connectivity index (χ2v) is 4.26. The van der Waals surface area contributed by atoms with Crippen LogP contribution < -0.4 is 0 Å². The van der Waals surface area contributed by atoms with Gasteiger partial charge in [-0.05, 0) is 42.2 Å². The van der Waals surface area contributed by atoms with Gasteiger partial charge < -0.3 is 0 Å². The molecule has 0 saturated heterocycles. The molecule has 0 heterocycles. The highest BCUT2D eigenvalue weighted by Crippen LogP contribution is 2.47. The number of rotatable bonds is 1. The lowest BCUT2D eigenvalue weighted by molar-refractivity contribution is 0.695. The van der Waals surface area contributed by atoms with E-state index in [9.17, 15) is 0 Å². The Balaban J connectivity index is 1.99. The second-order valence-electron chi connectivity index (χ2n) is 4.26. The molecular formula is C13H14. The van der Waals surface area contributed by atoms with E-state index in [1.807, 2.05) is 0 Å². The number of allylic oxidation sites excluding steroid dienone is 2. The van der Waals surface area contributed by atoms with Gasteiger partial charge in [-0.1, -0.05) is 36.4 Å². The lowest BCUT2D eigenvalue weighted by Crippen LogP contribution is -1.95. The predicted octanol–water partition coefficient (Wildman–Crippen LogP) is 3.50. The molecule has 0 aromatic heterocycles. The van der Waals surface area contributed by atoms with Crippen molar-refractivity contribution in [3.8, 4) is 0 Å². The van der Waals surface area contributed by atoms with Crippen molar-refractivity contribution >= 4 is 5.57 Å². The van der Waals surface area contributed by atoms with E-state index in [0.717, 1.165) is 11.8 Å². The average Bonchev–Trinajstić information content (AvgIpc) is 2.80. The van der Waals surface area contributed by atoms with Crippen molar-refractivity contribution in [3.63, 3.8) is 0 Å². The van der Waals surface area contributed by atoms with Gasteiger partial charge in [0.25, 0.3) is 0 Å². The van der Waals surface area contributed by atoms with Crippen molar-refractivity contribution in [2.24, 2.45) is 11.8 Å². The molecule has 0 nitrogen and oxygen atoms in total. The van der Waals surface area contributed by atoms with Gasteiger partial charge in [-0.15, -0.1) is 0 Å². The summed E-state index contributed by atoms with van der Waals surface area (Å²) >= 11 is 0. The van der Waals surface area contributed by atoms with E-state index in [-0.39, 0.29) is 0 Å². The Labute approximate surface area is 79.3 Å². The van der Waals surface area contributed by atoms with E-state index in [1.54, 1.807) is 5.57 Å². The highest BCUT2D eigenvalue weighted by molar-refractivity contribution is 5.70.